The van der Waals surface area contributed by atoms with E-state index in [9.17, 15) is 14.7 Å². The minimum absolute atomic E-state index is 0.214. The van der Waals surface area contributed by atoms with Gasteiger partial charge in [0.15, 0.2) is 0 Å². The van der Waals surface area contributed by atoms with Gasteiger partial charge in [-0.1, -0.05) is 30.2 Å². The van der Waals surface area contributed by atoms with Crippen molar-refractivity contribution in [3.05, 3.63) is 78.0 Å². The number of hydrogen-bond acceptors (Lipinski definition) is 10. The molecule has 0 unspecified atom stereocenters. The van der Waals surface area contributed by atoms with Crippen molar-refractivity contribution in [1.29, 1.82) is 0 Å². The van der Waals surface area contributed by atoms with Crippen LogP contribution in [0.15, 0.2) is 66.9 Å². The molecule has 50 heavy (non-hydrogen) atoms. The summed E-state index contributed by atoms with van der Waals surface area (Å²) in [6.45, 7) is 8.95. The molecule has 0 aliphatic rings. The number of carbonyl (C=O) groups is 2. The molecule has 0 aliphatic heterocycles. The predicted octanol–water partition coefficient (Wildman–Crippen LogP) is 5.86. The van der Waals surface area contributed by atoms with Crippen LogP contribution in [0.25, 0.3) is 10.8 Å². The monoisotopic (exact) mass is 685 g/mol. The molecule has 13 nitrogen and oxygen atoms in total. The number of aromatic nitrogens is 2. The van der Waals surface area contributed by atoms with Crippen LogP contribution >= 0.6 is 0 Å². The van der Waals surface area contributed by atoms with Gasteiger partial charge in [0.2, 0.25) is 11.8 Å². The molecule has 0 saturated carbocycles. The first kappa shape index (κ1) is 37.6. The minimum atomic E-state index is -1.06. The molecule has 3 aromatic carbocycles. The molecule has 3 N–H and O–H groups in total. The molecule has 4 rings (SSSR count). The molecular formula is C37H43N5O8. The molecule has 0 atom stereocenters. The molecule has 13 heteroatoms. The summed E-state index contributed by atoms with van der Waals surface area (Å²) in [6.07, 6.45) is 6.16. The standard InChI is InChI=1S/C37H43N5O8/c1-6-26-23-27(34(43)38-15-16-47-19-20-49-22-21-48-18-17-46-5)25-28(24-26)40-35-39-14-13-33(41-35)50-32-12-11-31(29-9-7-8-10-30(29)32)42(36(44)45)37(2,3)4/h1,7-14,23-25H,15-22H2,2-5H3,(H,38,43)(H,44,45)(H,39,40,41). The minimum Gasteiger partial charge on any atom is -0.465 e. The highest BCUT2D eigenvalue weighted by molar-refractivity contribution is 6.04. The lowest BCUT2D eigenvalue weighted by Gasteiger charge is -2.34. The summed E-state index contributed by atoms with van der Waals surface area (Å²) in [7, 11) is 1.62. The van der Waals surface area contributed by atoms with Gasteiger partial charge in [-0.05, 0) is 51.1 Å². The molecule has 264 valence electrons. The van der Waals surface area contributed by atoms with E-state index >= 15 is 0 Å². The number of anilines is 3. The number of amides is 2. The van der Waals surface area contributed by atoms with Crippen molar-refractivity contribution in [3.63, 3.8) is 0 Å². The van der Waals surface area contributed by atoms with E-state index in [0.717, 1.165) is 0 Å². The molecule has 0 saturated heterocycles. The molecule has 2 amide bonds. The topological polar surface area (TPSA) is 154 Å². The van der Waals surface area contributed by atoms with Gasteiger partial charge in [0.25, 0.3) is 5.91 Å². The highest BCUT2D eigenvalue weighted by Gasteiger charge is 2.29. The van der Waals surface area contributed by atoms with E-state index in [0.29, 0.717) is 91.8 Å². The van der Waals surface area contributed by atoms with Crippen molar-refractivity contribution in [2.24, 2.45) is 0 Å². The third-order valence-electron chi connectivity index (χ3n) is 7.13. The maximum absolute atomic E-state index is 12.9. The van der Waals surface area contributed by atoms with Gasteiger partial charge in [-0.15, -0.1) is 6.42 Å². The average Bonchev–Trinajstić information content (AvgIpc) is 3.09. The summed E-state index contributed by atoms with van der Waals surface area (Å²) < 4.78 is 27.4. The Morgan fingerprint density at radius 1 is 0.900 bits per heavy atom. The number of ether oxygens (including phenoxy) is 5. The van der Waals surface area contributed by atoms with Crippen molar-refractivity contribution in [3.8, 4) is 24.0 Å². The Morgan fingerprint density at radius 3 is 2.24 bits per heavy atom. The fourth-order valence-corrected chi connectivity index (χ4v) is 4.93. The first-order chi connectivity index (χ1) is 24.1. The van der Waals surface area contributed by atoms with Crippen molar-refractivity contribution >= 4 is 40.1 Å². The SMILES string of the molecule is C#Cc1cc(Nc2nccc(Oc3ccc(N(C(=O)O)C(C)(C)C)c4ccccc34)n2)cc(C(=O)NCCOCCOCCOCCOC)c1. The predicted molar refractivity (Wildman–Crippen MR) is 191 cm³/mol. The molecule has 0 fully saturated rings. The number of benzene rings is 3. The van der Waals surface area contributed by atoms with Gasteiger partial charge < -0.3 is 39.4 Å². The fraction of sp³-hybridized carbons (Fsp3) is 0.351. The van der Waals surface area contributed by atoms with Crippen LogP contribution < -0.4 is 20.3 Å². The zero-order chi connectivity index (χ0) is 35.9. The molecule has 0 aliphatic carbocycles. The van der Waals surface area contributed by atoms with Gasteiger partial charge in [-0.25, -0.2) is 9.78 Å². The third kappa shape index (κ3) is 10.9. The Morgan fingerprint density at radius 2 is 1.58 bits per heavy atom. The fourth-order valence-electron chi connectivity index (χ4n) is 4.93. The van der Waals surface area contributed by atoms with E-state index in [1.54, 1.807) is 43.5 Å². The van der Waals surface area contributed by atoms with Crippen molar-refractivity contribution in [2.45, 2.75) is 26.3 Å². The summed E-state index contributed by atoms with van der Waals surface area (Å²) in [6, 6.07) is 17.4. The van der Waals surface area contributed by atoms with Crippen LogP contribution in [0.4, 0.5) is 22.1 Å². The number of terminal acetylenes is 1. The van der Waals surface area contributed by atoms with Crippen LogP contribution in [0.2, 0.25) is 0 Å². The molecule has 0 radical (unpaired) electrons. The number of nitrogens with one attached hydrogen (secondary N) is 2. The lowest BCUT2D eigenvalue weighted by atomic mass is 10.0. The van der Waals surface area contributed by atoms with Crippen LogP contribution in [0.5, 0.6) is 11.6 Å². The number of fused-ring (bicyclic) bond motifs is 1. The Balaban J connectivity index is 1.37. The first-order valence-electron chi connectivity index (χ1n) is 16.1. The maximum Gasteiger partial charge on any atom is 0.412 e. The summed E-state index contributed by atoms with van der Waals surface area (Å²) in [5.41, 5.74) is 1.22. The number of rotatable bonds is 18. The van der Waals surface area contributed by atoms with Crippen LogP contribution in [0.3, 0.4) is 0 Å². The smallest absolute Gasteiger partial charge is 0.412 e. The van der Waals surface area contributed by atoms with Gasteiger partial charge in [-0.3, -0.25) is 9.69 Å². The largest absolute Gasteiger partial charge is 0.465 e. The van der Waals surface area contributed by atoms with Crippen LogP contribution in [-0.4, -0.2) is 92.5 Å². The third-order valence-corrected chi connectivity index (χ3v) is 7.13. The quantitative estimate of drug-likeness (QED) is 0.0853. The Hall–Kier alpha value is -5.26. The molecule has 0 bridgehead atoms. The second-order valence-electron chi connectivity index (χ2n) is 11.9. The highest BCUT2D eigenvalue weighted by atomic mass is 16.6. The van der Waals surface area contributed by atoms with Crippen LogP contribution in [-0.2, 0) is 18.9 Å². The number of hydrogen-bond donors (Lipinski definition) is 3. The summed E-state index contributed by atoms with van der Waals surface area (Å²) in [5, 5.41) is 17.3. The van der Waals surface area contributed by atoms with Gasteiger partial charge in [0.05, 0.1) is 51.9 Å². The van der Waals surface area contributed by atoms with Crippen LogP contribution in [0.1, 0.15) is 36.7 Å². The van der Waals surface area contributed by atoms with Gasteiger partial charge in [-0.2, -0.15) is 4.98 Å². The Labute approximate surface area is 291 Å². The molecule has 1 heterocycles. The van der Waals surface area contributed by atoms with Crippen molar-refractivity contribution in [2.75, 3.05) is 70.1 Å². The van der Waals surface area contributed by atoms with E-state index in [-0.39, 0.29) is 17.7 Å². The summed E-state index contributed by atoms with van der Waals surface area (Å²) >= 11 is 0. The normalized spacial score (nSPS) is 11.2. The Kier molecular flexibility index (Phi) is 13.9. The van der Waals surface area contributed by atoms with E-state index < -0.39 is 11.6 Å². The molecule has 1 aromatic heterocycles. The lowest BCUT2D eigenvalue weighted by molar-refractivity contribution is 0.00415. The van der Waals surface area contributed by atoms with E-state index in [2.05, 4.69) is 26.5 Å². The number of nitrogens with zero attached hydrogens (tertiary/aromatic N) is 3. The first-order valence-corrected chi connectivity index (χ1v) is 16.1. The molecule has 4 aromatic rings. The van der Waals surface area contributed by atoms with Crippen LogP contribution in [0, 0.1) is 12.3 Å². The number of carboxylic acid groups (broad SMARTS) is 1. The average molecular weight is 686 g/mol. The number of carbonyl (C=O) groups excluding carboxylic acids is 1. The summed E-state index contributed by atoms with van der Waals surface area (Å²) in [5.74, 6) is 3.20. The highest BCUT2D eigenvalue weighted by Crippen LogP contribution is 2.38. The maximum atomic E-state index is 12.9. The zero-order valence-electron chi connectivity index (χ0n) is 28.7. The van der Waals surface area contributed by atoms with Gasteiger partial charge in [0.1, 0.15) is 5.75 Å². The van der Waals surface area contributed by atoms with Crippen molar-refractivity contribution < 1.29 is 38.4 Å². The van der Waals surface area contributed by atoms with E-state index in [1.165, 1.54) is 11.1 Å². The Bertz CT molecular complexity index is 1790. The summed E-state index contributed by atoms with van der Waals surface area (Å²) in [4.78, 5) is 35.3. The molecular weight excluding hydrogens is 642 g/mol. The molecule has 0 spiro atoms. The van der Waals surface area contributed by atoms with E-state index in [4.69, 9.17) is 30.1 Å². The lowest BCUT2D eigenvalue weighted by Crippen LogP contribution is -2.45. The number of methoxy groups -OCH3 is 1. The second-order valence-corrected chi connectivity index (χ2v) is 11.9. The second kappa shape index (κ2) is 18.5. The zero-order valence-corrected chi connectivity index (χ0v) is 28.7. The van der Waals surface area contributed by atoms with Gasteiger partial charge >= 0.3 is 6.09 Å². The van der Waals surface area contributed by atoms with Crippen molar-refractivity contribution in [1.82, 2.24) is 15.3 Å². The van der Waals surface area contributed by atoms with Gasteiger partial charge in [0, 0.05) is 59.0 Å². The van der Waals surface area contributed by atoms with E-state index in [1.807, 2.05) is 45.0 Å².